The molecule has 0 saturated heterocycles. The SMILES string of the molecule is Cc1nc2ccccn2c1COC(=O)C(C)(C)C. The molecule has 0 fully saturated rings. The van der Waals surface area contributed by atoms with Gasteiger partial charge in [-0.1, -0.05) is 6.07 Å². The number of fused-ring (bicyclic) bond motifs is 1. The van der Waals surface area contributed by atoms with Gasteiger partial charge < -0.3 is 9.14 Å². The van der Waals surface area contributed by atoms with Crippen molar-refractivity contribution in [1.82, 2.24) is 9.38 Å². The van der Waals surface area contributed by atoms with E-state index < -0.39 is 5.41 Å². The minimum Gasteiger partial charge on any atom is -0.459 e. The number of aromatic nitrogens is 2. The summed E-state index contributed by atoms with van der Waals surface area (Å²) in [5.74, 6) is -0.201. The van der Waals surface area contributed by atoms with E-state index in [2.05, 4.69) is 4.98 Å². The van der Waals surface area contributed by atoms with Crippen LogP contribution in [0.5, 0.6) is 0 Å². The Labute approximate surface area is 107 Å². The molecule has 2 heterocycles. The molecule has 96 valence electrons. The zero-order chi connectivity index (χ0) is 13.3. The fourth-order valence-corrected chi connectivity index (χ4v) is 1.69. The van der Waals surface area contributed by atoms with Gasteiger partial charge in [0.25, 0.3) is 0 Å². The molecule has 0 saturated carbocycles. The van der Waals surface area contributed by atoms with E-state index in [0.29, 0.717) is 0 Å². The number of carbonyl (C=O) groups excluding carboxylic acids is 1. The highest BCUT2D eigenvalue weighted by Crippen LogP contribution is 2.18. The lowest BCUT2D eigenvalue weighted by Crippen LogP contribution is -2.23. The highest BCUT2D eigenvalue weighted by atomic mass is 16.5. The summed E-state index contributed by atoms with van der Waals surface area (Å²) in [7, 11) is 0. The molecule has 4 nitrogen and oxygen atoms in total. The highest BCUT2D eigenvalue weighted by Gasteiger charge is 2.23. The molecule has 2 aromatic heterocycles. The second kappa shape index (κ2) is 4.44. The van der Waals surface area contributed by atoms with Crippen molar-refractivity contribution in [3.05, 3.63) is 35.8 Å². The zero-order valence-electron chi connectivity index (χ0n) is 11.2. The molecular weight excluding hydrogens is 228 g/mol. The molecule has 0 radical (unpaired) electrons. The Morgan fingerprint density at radius 2 is 2.11 bits per heavy atom. The molecule has 18 heavy (non-hydrogen) atoms. The van der Waals surface area contributed by atoms with Crippen LogP contribution < -0.4 is 0 Å². The van der Waals surface area contributed by atoms with Crippen LogP contribution in [0.25, 0.3) is 5.65 Å². The van der Waals surface area contributed by atoms with E-state index in [0.717, 1.165) is 17.0 Å². The second-order valence-electron chi connectivity index (χ2n) is 5.40. The summed E-state index contributed by atoms with van der Waals surface area (Å²) in [6, 6.07) is 5.80. The fourth-order valence-electron chi connectivity index (χ4n) is 1.69. The number of pyridine rings is 1. The summed E-state index contributed by atoms with van der Waals surface area (Å²) in [6.07, 6.45) is 1.93. The monoisotopic (exact) mass is 246 g/mol. The van der Waals surface area contributed by atoms with Crippen LogP contribution in [0.1, 0.15) is 32.2 Å². The second-order valence-corrected chi connectivity index (χ2v) is 5.40. The maximum atomic E-state index is 11.8. The molecule has 0 aromatic carbocycles. The van der Waals surface area contributed by atoms with Crippen LogP contribution in [0.4, 0.5) is 0 Å². The van der Waals surface area contributed by atoms with Crippen LogP contribution in [0.15, 0.2) is 24.4 Å². The zero-order valence-corrected chi connectivity index (χ0v) is 11.2. The first kappa shape index (κ1) is 12.6. The van der Waals surface area contributed by atoms with Crippen LogP contribution in [0, 0.1) is 12.3 Å². The van der Waals surface area contributed by atoms with E-state index in [4.69, 9.17) is 4.74 Å². The number of carbonyl (C=O) groups is 1. The first-order valence-electron chi connectivity index (χ1n) is 5.99. The maximum Gasteiger partial charge on any atom is 0.311 e. The molecule has 0 atom stereocenters. The smallest absolute Gasteiger partial charge is 0.311 e. The number of nitrogens with zero attached hydrogens (tertiary/aromatic N) is 2. The third-order valence-corrected chi connectivity index (χ3v) is 2.78. The first-order valence-corrected chi connectivity index (χ1v) is 5.99. The van der Waals surface area contributed by atoms with Gasteiger partial charge in [-0.15, -0.1) is 0 Å². The maximum absolute atomic E-state index is 11.8. The lowest BCUT2D eigenvalue weighted by molar-refractivity contribution is -0.154. The van der Waals surface area contributed by atoms with E-state index in [1.54, 1.807) is 0 Å². The largest absolute Gasteiger partial charge is 0.459 e. The number of hydrogen-bond donors (Lipinski definition) is 0. The molecule has 0 unspecified atom stereocenters. The van der Waals surface area contributed by atoms with Crippen molar-refractivity contribution in [3.8, 4) is 0 Å². The van der Waals surface area contributed by atoms with Crippen molar-refractivity contribution in [3.63, 3.8) is 0 Å². The standard InChI is InChI=1S/C14H18N2O2/c1-10-11(9-18-13(17)14(2,3)4)16-8-6-5-7-12(16)15-10/h5-8H,9H2,1-4H3. The van der Waals surface area contributed by atoms with Gasteiger partial charge in [-0.25, -0.2) is 4.98 Å². The average Bonchev–Trinajstić information content (AvgIpc) is 2.60. The predicted molar refractivity (Wildman–Crippen MR) is 69.2 cm³/mol. The molecule has 0 spiro atoms. The number of imidazole rings is 1. The molecule has 0 aliphatic rings. The average molecular weight is 246 g/mol. The van der Waals surface area contributed by atoms with Gasteiger partial charge in [0.2, 0.25) is 0 Å². The third-order valence-electron chi connectivity index (χ3n) is 2.78. The number of aryl methyl sites for hydroxylation is 1. The lowest BCUT2D eigenvalue weighted by Gasteiger charge is -2.16. The van der Waals surface area contributed by atoms with Gasteiger partial charge in [-0.05, 0) is 39.8 Å². The number of ether oxygens (including phenoxy) is 1. The fraction of sp³-hybridized carbons (Fsp3) is 0.429. The number of hydrogen-bond acceptors (Lipinski definition) is 3. The third kappa shape index (κ3) is 2.37. The Kier molecular flexibility index (Phi) is 3.11. The molecule has 2 rings (SSSR count). The first-order chi connectivity index (χ1) is 8.39. The van der Waals surface area contributed by atoms with Crippen LogP contribution in [0.3, 0.4) is 0 Å². The van der Waals surface area contributed by atoms with Gasteiger partial charge >= 0.3 is 5.97 Å². The predicted octanol–water partition coefficient (Wildman–Crippen LogP) is 2.73. The topological polar surface area (TPSA) is 43.6 Å². The lowest BCUT2D eigenvalue weighted by atomic mass is 9.97. The molecule has 0 bridgehead atoms. The molecule has 4 heteroatoms. The Morgan fingerprint density at radius 3 is 2.78 bits per heavy atom. The Hall–Kier alpha value is -1.84. The quantitative estimate of drug-likeness (QED) is 0.765. The minimum absolute atomic E-state index is 0.201. The molecule has 0 amide bonds. The van der Waals surface area contributed by atoms with Gasteiger partial charge in [0.05, 0.1) is 16.8 Å². The van der Waals surface area contributed by atoms with Crippen molar-refractivity contribution >= 4 is 11.6 Å². The van der Waals surface area contributed by atoms with Gasteiger partial charge in [0.1, 0.15) is 12.3 Å². The molecule has 0 aliphatic heterocycles. The molecule has 0 aliphatic carbocycles. The minimum atomic E-state index is -0.478. The number of esters is 1. The number of rotatable bonds is 2. The van der Waals surface area contributed by atoms with Crippen LogP contribution in [0.2, 0.25) is 0 Å². The molecular formula is C14H18N2O2. The van der Waals surface area contributed by atoms with E-state index in [-0.39, 0.29) is 12.6 Å². The molecule has 2 aromatic rings. The summed E-state index contributed by atoms with van der Waals surface area (Å²) in [5.41, 5.74) is 2.21. The van der Waals surface area contributed by atoms with E-state index in [1.807, 2.05) is 56.5 Å². The van der Waals surface area contributed by atoms with Gasteiger partial charge in [0.15, 0.2) is 0 Å². The van der Waals surface area contributed by atoms with Gasteiger partial charge in [-0.2, -0.15) is 0 Å². The summed E-state index contributed by atoms with van der Waals surface area (Å²) >= 11 is 0. The van der Waals surface area contributed by atoms with Crippen LogP contribution in [-0.4, -0.2) is 15.4 Å². The van der Waals surface area contributed by atoms with Crippen molar-refractivity contribution in [2.75, 3.05) is 0 Å². The van der Waals surface area contributed by atoms with Gasteiger partial charge in [0, 0.05) is 6.20 Å². The normalized spacial score (nSPS) is 11.8. The van der Waals surface area contributed by atoms with Crippen LogP contribution >= 0.6 is 0 Å². The van der Waals surface area contributed by atoms with Crippen LogP contribution in [-0.2, 0) is 16.1 Å². The van der Waals surface area contributed by atoms with Crippen molar-refractivity contribution in [1.29, 1.82) is 0 Å². The Balaban J connectivity index is 2.22. The van der Waals surface area contributed by atoms with Crippen molar-refractivity contribution in [2.24, 2.45) is 5.41 Å². The summed E-state index contributed by atoms with van der Waals surface area (Å²) in [6.45, 7) is 7.71. The molecule has 0 N–H and O–H groups in total. The summed E-state index contributed by atoms with van der Waals surface area (Å²) in [5, 5.41) is 0. The van der Waals surface area contributed by atoms with E-state index >= 15 is 0 Å². The summed E-state index contributed by atoms with van der Waals surface area (Å²) < 4.78 is 7.29. The highest BCUT2D eigenvalue weighted by molar-refractivity contribution is 5.75. The van der Waals surface area contributed by atoms with Crippen molar-refractivity contribution in [2.45, 2.75) is 34.3 Å². The van der Waals surface area contributed by atoms with E-state index in [9.17, 15) is 4.79 Å². The summed E-state index contributed by atoms with van der Waals surface area (Å²) in [4.78, 5) is 16.2. The Bertz CT molecular complexity index is 579. The van der Waals surface area contributed by atoms with E-state index in [1.165, 1.54) is 0 Å². The van der Waals surface area contributed by atoms with Gasteiger partial charge in [-0.3, -0.25) is 4.79 Å². The van der Waals surface area contributed by atoms with Crippen molar-refractivity contribution < 1.29 is 9.53 Å². The Morgan fingerprint density at radius 1 is 1.39 bits per heavy atom.